The van der Waals surface area contributed by atoms with E-state index in [4.69, 9.17) is 0 Å². The van der Waals surface area contributed by atoms with E-state index >= 15 is 0 Å². The Morgan fingerprint density at radius 1 is 0.535 bits per heavy atom. The van der Waals surface area contributed by atoms with Crippen molar-refractivity contribution >= 4 is 17.1 Å². The predicted octanol–water partition coefficient (Wildman–Crippen LogP) is 11.2. The fourth-order valence-electron chi connectivity index (χ4n) is 11.2. The summed E-state index contributed by atoms with van der Waals surface area (Å²) in [5.74, 6) is 3.45. The molecule has 4 bridgehead atoms. The van der Waals surface area contributed by atoms with Gasteiger partial charge in [-0.25, -0.2) is 0 Å². The minimum atomic E-state index is 0.115. The summed E-state index contributed by atoms with van der Waals surface area (Å²) < 4.78 is 0. The molecule has 4 fully saturated rings. The van der Waals surface area contributed by atoms with E-state index in [1.807, 2.05) is 0 Å². The molecule has 0 aliphatic heterocycles. The molecule has 0 radical (unpaired) electrons. The molecule has 0 aromatic heterocycles. The van der Waals surface area contributed by atoms with Crippen LogP contribution in [0.2, 0.25) is 0 Å². The van der Waals surface area contributed by atoms with Crippen LogP contribution < -0.4 is 4.90 Å². The first-order chi connectivity index (χ1) is 20.8. The van der Waals surface area contributed by atoms with Crippen LogP contribution in [0.5, 0.6) is 0 Å². The minimum Gasteiger partial charge on any atom is -0.310 e. The maximum absolute atomic E-state index is 2.66. The van der Waals surface area contributed by atoms with Crippen molar-refractivity contribution in [1.29, 1.82) is 0 Å². The molecule has 0 unspecified atom stereocenters. The van der Waals surface area contributed by atoms with Gasteiger partial charge in [0.15, 0.2) is 0 Å². The van der Waals surface area contributed by atoms with Crippen molar-refractivity contribution in [2.45, 2.75) is 88.9 Å². The highest BCUT2D eigenvalue weighted by molar-refractivity contribution is 5.87. The average molecular weight is 564 g/mol. The molecule has 1 nitrogen and oxygen atoms in total. The lowest BCUT2D eigenvalue weighted by molar-refractivity contribution is -0.0399. The van der Waals surface area contributed by atoms with Crippen molar-refractivity contribution in [3.05, 3.63) is 113 Å². The van der Waals surface area contributed by atoms with Gasteiger partial charge in [-0.3, -0.25) is 0 Å². The number of para-hydroxylation sites is 1. The zero-order valence-corrected chi connectivity index (χ0v) is 26.4. The third kappa shape index (κ3) is 3.51. The van der Waals surface area contributed by atoms with Crippen LogP contribution in [0.4, 0.5) is 17.1 Å². The standard InChI is InChI=1S/C42H45N/c1-40(2)19-20-41(3,4)39-36(40)15-10-16-38(39)43(31-11-6-5-7-12-31)32-17-18-34-33-13-8-9-14-35(33)42(37(34)26-32)29-22-27-21-28(24-29)25-30(42)23-27/h5-18,26-30H,19-25H2,1-4H3. The van der Waals surface area contributed by atoms with E-state index in [2.05, 4.69) is 124 Å². The van der Waals surface area contributed by atoms with Crippen LogP contribution in [-0.2, 0) is 16.2 Å². The Kier molecular flexibility index (Phi) is 5.39. The molecule has 6 aliphatic carbocycles. The highest BCUT2D eigenvalue weighted by atomic mass is 15.1. The van der Waals surface area contributed by atoms with Crippen molar-refractivity contribution in [1.82, 2.24) is 0 Å². The Morgan fingerprint density at radius 2 is 1.16 bits per heavy atom. The zero-order chi connectivity index (χ0) is 29.1. The van der Waals surface area contributed by atoms with Gasteiger partial charge in [-0.1, -0.05) is 88.4 Å². The second-order valence-corrected chi connectivity index (χ2v) is 16.1. The molecule has 4 aromatic carbocycles. The van der Waals surface area contributed by atoms with Crippen LogP contribution in [0.3, 0.4) is 0 Å². The highest BCUT2D eigenvalue weighted by Gasteiger charge is 2.61. The summed E-state index contributed by atoms with van der Waals surface area (Å²) >= 11 is 0. The van der Waals surface area contributed by atoms with Gasteiger partial charge in [-0.05, 0) is 143 Å². The van der Waals surface area contributed by atoms with Crippen LogP contribution in [0.15, 0.2) is 91.0 Å². The summed E-state index contributed by atoms with van der Waals surface area (Å²) in [7, 11) is 0. The lowest BCUT2D eigenvalue weighted by atomic mass is 9.43. The summed E-state index contributed by atoms with van der Waals surface area (Å²) in [6, 6.07) is 35.4. The largest absolute Gasteiger partial charge is 0.310 e. The Hall–Kier alpha value is -3.32. The number of nitrogens with zero attached hydrogens (tertiary/aromatic N) is 1. The van der Waals surface area contributed by atoms with E-state index in [9.17, 15) is 0 Å². The third-order valence-corrected chi connectivity index (χ3v) is 12.9. The van der Waals surface area contributed by atoms with Crippen LogP contribution in [-0.4, -0.2) is 0 Å². The topological polar surface area (TPSA) is 3.24 Å². The van der Waals surface area contributed by atoms with Crippen molar-refractivity contribution < 1.29 is 0 Å². The van der Waals surface area contributed by atoms with E-state index in [0.717, 1.165) is 23.7 Å². The van der Waals surface area contributed by atoms with Gasteiger partial charge in [0.1, 0.15) is 0 Å². The van der Waals surface area contributed by atoms with Gasteiger partial charge in [0.25, 0.3) is 0 Å². The smallest absolute Gasteiger partial charge is 0.0502 e. The van der Waals surface area contributed by atoms with Gasteiger partial charge in [0, 0.05) is 16.8 Å². The maximum Gasteiger partial charge on any atom is 0.0502 e. The Morgan fingerprint density at radius 3 is 1.91 bits per heavy atom. The quantitative estimate of drug-likeness (QED) is 0.240. The average Bonchev–Trinajstić information content (AvgIpc) is 3.29. The fraction of sp³-hybridized carbons (Fsp3) is 0.429. The summed E-state index contributed by atoms with van der Waals surface area (Å²) in [4.78, 5) is 2.61. The summed E-state index contributed by atoms with van der Waals surface area (Å²) in [5.41, 5.74) is 13.7. The zero-order valence-electron chi connectivity index (χ0n) is 26.4. The van der Waals surface area contributed by atoms with Crippen LogP contribution in [0, 0.1) is 23.7 Å². The van der Waals surface area contributed by atoms with Crippen LogP contribution in [0.25, 0.3) is 11.1 Å². The predicted molar refractivity (Wildman–Crippen MR) is 180 cm³/mol. The van der Waals surface area contributed by atoms with Gasteiger partial charge < -0.3 is 4.90 Å². The van der Waals surface area contributed by atoms with Gasteiger partial charge in [0.05, 0.1) is 5.69 Å². The number of fused-ring (bicyclic) bond motifs is 4. The molecule has 1 spiro atoms. The van der Waals surface area contributed by atoms with E-state index < -0.39 is 0 Å². The number of hydrogen-bond donors (Lipinski definition) is 0. The first kappa shape index (κ1) is 26.1. The SMILES string of the molecule is CC1(C)CCC(C)(C)c2c(N(c3ccccc3)c3ccc4c(c3)C3(c5ccccc5-4)C4CC5CC(C4)CC3C5)cccc21. The fourth-order valence-corrected chi connectivity index (χ4v) is 11.2. The molecule has 4 aromatic rings. The maximum atomic E-state index is 2.66. The molecule has 10 rings (SSSR count). The number of hydrogen-bond acceptors (Lipinski definition) is 1. The molecule has 0 amide bonds. The normalized spacial score (nSPS) is 30.1. The van der Waals surface area contributed by atoms with Crippen LogP contribution >= 0.6 is 0 Å². The molecule has 0 atom stereocenters. The minimum absolute atomic E-state index is 0.115. The van der Waals surface area contributed by atoms with Crippen molar-refractivity contribution in [2.75, 3.05) is 4.90 Å². The molecule has 0 heterocycles. The second kappa shape index (κ2) is 8.87. The number of benzene rings is 4. The first-order valence-corrected chi connectivity index (χ1v) is 17.0. The van der Waals surface area contributed by atoms with E-state index in [-0.39, 0.29) is 16.2 Å². The molecular weight excluding hydrogens is 518 g/mol. The molecule has 0 saturated heterocycles. The Labute approximate surface area is 258 Å². The molecule has 43 heavy (non-hydrogen) atoms. The number of anilines is 3. The Bertz CT molecular complexity index is 1710. The number of rotatable bonds is 3. The monoisotopic (exact) mass is 563 g/mol. The van der Waals surface area contributed by atoms with Gasteiger partial charge in [0.2, 0.25) is 0 Å². The molecule has 4 saturated carbocycles. The van der Waals surface area contributed by atoms with Crippen LogP contribution in [0.1, 0.15) is 94.9 Å². The van der Waals surface area contributed by atoms with Gasteiger partial charge in [-0.2, -0.15) is 0 Å². The molecular formula is C42H45N. The second-order valence-electron chi connectivity index (χ2n) is 16.1. The van der Waals surface area contributed by atoms with E-state index in [0.29, 0.717) is 0 Å². The first-order valence-electron chi connectivity index (χ1n) is 17.0. The molecule has 0 N–H and O–H groups in total. The summed E-state index contributed by atoms with van der Waals surface area (Å²) in [6.07, 6.45) is 9.61. The highest BCUT2D eigenvalue weighted by Crippen LogP contribution is 2.69. The van der Waals surface area contributed by atoms with Crippen molar-refractivity contribution in [2.24, 2.45) is 23.7 Å². The molecule has 6 aliphatic rings. The van der Waals surface area contributed by atoms with Crippen molar-refractivity contribution in [3.63, 3.8) is 0 Å². The van der Waals surface area contributed by atoms with Gasteiger partial charge >= 0.3 is 0 Å². The Balaban J connectivity index is 1.29. The molecule has 1 heteroatoms. The third-order valence-electron chi connectivity index (χ3n) is 12.9. The summed E-state index contributed by atoms with van der Waals surface area (Å²) in [6.45, 7) is 9.83. The summed E-state index contributed by atoms with van der Waals surface area (Å²) in [5, 5.41) is 0. The lowest BCUT2D eigenvalue weighted by Gasteiger charge is -2.61. The van der Waals surface area contributed by atoms with Crippen molar-refractivity contribution in [3.8, 4) is 11.1 Å². The lowest BCUT2D eigenvalue weighted by Crippen LogP contribution is -2.55. The van der Waals surface area contributed by atoms with Gasteiger partial charge in [-0.15, -0.1) is 0 Å². The van der Waals surface area contributed by atoms with E-state index in [1.54, 1.807) is 11.1 Å². The van der Waals surface area contributed by atoms with E-state index in [1.165, 1.54) is 84.3 Å². The molecule has 218 valence electrons.